The minimum Gasteiger partial charge on any atom is -0.253 e. The monoisotopic (exact) mass is 157 g/mol. The van der Waals surface area contributed by atoms with E-state index in [-0.39, 0.29) is 0 Å². The van der Waals surface area contributed by atoms with E-state index in [4.69, 9.17) is 0 Å². The highest BCUT2D eigenvalue weighted by molar-refractivity contribution is 5.56. The molecular formula is C11H11N. The Morgan fingerprint density at radius 3 is 3.17 bits per heavy atom. The third-order valence-corrected chi connectivity index (χ3v) is 2.09. The summed E-state index contributed by atoms with van der Waals surface area (Å²) in [6, 6.07) is 4.11. The zero-order valence-electron chi connectivity index (χ0n) is 6.96. The molecule has 1 heterocycles. The molecule has 0 N–H and O–H groups in total. The highest BCUT2D eigenvalue weighted by atomic mass is 14.7. The van der Waals surface area contributed by atoms with Gasteiger partial charge in [0.2, 0.25) is 0 Å². The normalized spacial score (nSPS) is 14.0. The summed E-state index contributed by atoms with van der Waals surface area (Å²) in [5.41, 5.74) is 3.44. The number of pyridine rings is 1. The summed E-state index contributed by atoms with van der Waals surface area (Å²) in [5, 5.41) is 0. The Kier molecular flexibility index (Phi) is 1.78. The molecule has 0 amide bonds. The largest absolute Gasteiger partial charge is 0.253 e. The number of aryl methyl sites for hydroxylation is 1. The Bertz CT molecular complexity index is 337. The first kappa shape index (κ1) is 7.29. The van der Waals surface area contributed by atoms with Crippen molar-refractivity contribution in [3.63, 3.8) is 0 Å². The third-order valence-electron chi connectivity index (χ3n) is 2.09. The Morgan fingerprint density at radius 1 is 1.42 bits per heavy atom. The van der Waals surface area contributed by atoms with Crippen LogP contribution in [-0.2, 0) is 6.42 Å². The fourth-order valence-corrected chi connectivity index (χ4v) is 1.43. The van der Waals surface area contributed by atoms with E-state index < -0.39 is 0 Å². The summed E-state index contributed by atoms with van der Waals surface area (Å²) in [7, 11) is 0. The maximum absolute atomic E-state index is 4.46. The zero-order chi connectivity index (χ0) is 8.39. The van der Waals surface area contributed by atoms with Gasteiger partial charge in [-0.25, -0.2) is 0 Å². The van der Waals surface area contributed by atoms with Crippen LogP contribution < -0.4 is 0 Å². The molecule has 1 aliphatic carbocycles. The fraction of sp³-hybridized carbons (Fsp3) is 0.182. The van der Waals surface area contributed by atoms with Crippen LogP contribution in [-0.4, -0.2) is 4.98 Å². The highest BCUT2D eigenvalue weighted by Crippen LogP contribution is 2.17. The molecule has 0 saturated carbocycles. The van der Waals surface area contributed by atoms with Crippen molar-refractivity contribution in [3.8, 4) is 0 Å². The van der Waals surface area contributed by atoms with Crippen molar-refractivity contribution in [1.82, 2.24) is 4.98 Å². The van der Waals surface area contributed by atoms with E-state index in [0.29, 0.717) is 0 Å². The number of rotatable bonds is 1. The SMILES string of the molecule is C=Cc1ccc2c(n1)CCC=C2. The van der Waals surface area contributed by atoms with E-state index in [0.717, 1.165) is 18.5 Å². The molecule has 2 rings (SSSR count). The van der Waals surface area contributed by atoms with E-state index in [1.165, 1.54) is 11.3 Å². The average molecular weight is 157 g/mol. The molecule has 12 heavy (non-hydrogen) atoms. The Morgan fingerprint density at radius 2 is 2.33 bits per heavy atom. The number of nitrogens with zero attached hydrogens (tertiary/aromatic N) is 1. The highest BCUT2D eigenvalue weighted by Gasteiger charge is 2.04. The van der Waals surface area contributed by atoms with Crippen molar-refractivity contribution in [3.05, 3.63) is 41.7 Å². The van der Waals surface area contributed by atoms with Crippen molar-refractivity contribution in [2.24, 2.45) is 0 Å². The van der Waals surface area contributed by atoms with Gasteiger partial charge in [0.1, 0.15) is 0 Å². The lowest BCUT2D eigenvalue weighted by atomic mass is 10.0. The predicted molar refractivity (Wildman–Crippen MR) is 51.7 cm³/mol. The standard InChI is InChI=1S/C11H11N/c1-2-10-8-7-9-5-3-4-6-11(9)12-10/h2-3,5,7-8H,1,4,6H2. The minimum absolute atomic E-state index is 0.976. The van der Waals surface area contributed by atoms with Crippen LogP contribution in [0.15, 0.2) is 24.8 Å². The van der Waals surface area contributed by atoms with Crippen LogP contribution in [0.5, 0.6) is 0 Å². The van der Waals surface area contributed by atoms with Crippen molar-refractivity contribution in [2.45, 2.75) is 12.8 Å². The van der Waals surface area contributed by atoms with Crippen molar-refractivity contribution < 1.29 is 0 Å². The van der Waals surface area contributed by atoms with Crippen LogP contribution in [0.1, 0.15) is 23.4 Å². The fourth-order valence-electron chi connectivity index (χ4n) is 1.43. The third kappa shape index (κ3) is 1.18. The second-order valence-corrected chi connectivity index (χ2v) is 2.92. The molecule has 1 aromatic rings. The molecular weight excluding hydrogens is 146 g/mol. The molecule has 0 radical (unpaired) electrons. The van der Waals surface area contributed by atoms with Crippen LogP contribution in [0.2, 0.25) is 0 Å². The first-order valence-corrected chi connectivity index (χ1v) is 4.19. The van der Waals surface area contributed by atoms with Crippen LogP contribution in [0.4, 0.5) is 0 Å². The Labute approximate surface area is 72.5 Å². The predicted octanol–water partition coefficient (Wildman–Crippen LogP) is 2.68. The van der Waals surface area contributed by atoms with Crippen molar-refractivity contribution in [1.29, 1.82) is 0 Å². The van der Waals surface area contributed by atoms with Crippen LogP contribution >= 0.6 is 0 Å². The lowest BCUT2D eigenvalue weighted by Gasteiger charge is -2.08. The molecule has 0 atom stereocenters. The van der Waals surface area contributed by atoms with Gasteiger partial charge < -0.3 is 0 Å². The van der Waals surface area contributed by atoms with Gasteiger partial charge in [-0.15, -0.1) is 0 Å². The quantitative estimate of drug-likeness (QED) is 0.610. The van der Waals surface area contributed by atoms with Gasteiger partial charge in [-0.3, -0.25) is 4.98 Å². The second-order valence-electron chi connectivity index (χ2n) is 2.92. The molecule has 1 aliphatic rings. The van der Waals surface area contributed by atoms with E-state index in [2.05, 4.69) is 29.8 Å². The van der Waals surface area contributed by atoms with E-state index >= 15 is 0 Å². The number of hydrogen-bond acceptors (Lipinski definition) is 1. The topological polar surface area (TPSA) is 12.9 Å². The molecule has 0 spiro atoms. The Balaban J connectivity index is 2.50. The summed E-state index contributed by atoms with van der Waals surface area (Å²) >= 11 is 0. The first-order chi connectivity index (χ1) is 5.90. The molecule has 0 unspecified atom stereocenters. The summed E-state index contributed by atoms with van der Waals surface area (Å²) in [5.74, 6) is 0. The number of aromatic nitrogens is 1. The lowest BCUT2D eigenvalue weighted by molar-refractivity contribution is 0.924. The summed E-state index contributed by atoms with van der Waals surface area (Å²) < 4.78 is 0. The van der Waals surface area contributed by atoms with E-state index in [9.17, 15) is 0 Å². The number of fused-ring (bicyclic) bond motifs is 1. The smallest absolute Gasteiger partial charge is 0.0627 e. The van der Waals surface area contributed by atoms with Gasteiger partial charge in [0.05, 0.1) is 5.69 Å². The minimum atomic E-state index is 0.976. The second kappa shape index (κ2) is 2.94. The van der Waals surface area contributed by atoms with Gasteiger partial charge in [-0.05, 0) is 30.5 Å². The van der Waals surface area contributed by atoms with Crippen LogP contribution in [0.25, 0.3) is 12.2 Å². The number of hydrogen-bond donors (Lipinski definition) is 0. The molecule has 0 aliphatic heterocycles. The summed E-state index contributed by atoms with van der Waals surface area (Å²) in [6.45, 7) is 3.70. The maximum Gasteiger partial charge on any atom is 0.0627 e. The van der Waals surface area contributed by atoms with Crippen molar-refractivity contribution >= 4 is 12.2 Å². The molecule has 1 heteroatoms. The average Bonchev–Trinajstić information content (AvgIpc) is 2.17. The van der Waals surface area contributed by atoms with Gasteiger partial charge >= 0.3 is 0 Å². The molecule has 1 aromatic heterocycles. The molecule has 0 aromatic carbocycles. The van der Waals surface area contributed by atoms with Gasteiger partial charge in [0.15, 0.2) is 0 Å². The molecule has 60 valence electrons. The van der Waals surface area contributed by atoms with Gasteiger partial charge in [-0.1, -0.05) is 24.8 Å². The molecule has 0 bridgehead atoms. The summed E-state index contributed by atoms with van der Waals surface area (Å²) in [4.78, 5) is 4.46. The van der Waals surface area contributed by atoms with E-state index in [1.807, 2.05) is 6.07 Å². The van der Waals surface area contributed by atoms with Crippen LogP contribution in [0, 0.1) is 0 Å². The molecule has 0 saturated heterocycles. The lowest BCUT2D eigenvalue weighted by Crippen LogP contribution is -1.98. The summed E-state index contributed by atoms with van der Waals surface area (Å²) in [6.07, 6.45) is 8.29. The van der Waals surface area contributed by atoms with Gasteiger partial charge in [-0.2, -0.15) is 0 Å². The molecule has 1 nitrogen and oxygen atoms in total. The van der Waals surface area contributed by atoms with Crippen LogP contribution in [0.3, 0.4) is 0 Å². The van der Waals surface area contributed by atoms with Crippen molar-refractivity contribution in [2.75, 3.05) is 0 Å². The van der Waals surface area contributed by atoms with Gasteiger partial charge in [0, 0.05) is 5.69 Å². The molecule has 0 fully saturated rings. The first-order valence-electron chi connectivity index (χ1n) is 4.19. The number of allylic oxidation sites excluding steroid dienone is 1. The van der Waals surface area contributed by atoms with E-state index in [1.54, 1.807) is 6.08 Å². The zero-order valence-corrected chi connectivity index (χ0v) is 6.96. The maximum atomic E-state index is 4.46. The Hall–Kier alpha value is -1.37. The van der Waals surface area contributed by atoms with Gasteiger partial charge in [0.25, 0.3) is 0 Å².